The predicted molar refractivity (Wildman–Crippen MR) is 60.5 cm³/mol. The zero-order chi connectivity index (χ0) is 11.1. The molecule has 1 rings (SSSR count). The molecule has 0 heterocycles. The van der Waals surface area contributed by atoms with E-state index in [1.54, 1.807) is 19.2 Å². The SMILES string of the molecule is CN=C(NC)NCCc1ccc(F)cc1. The monoisotopic (exact) mass is 209 g/mol. The highest BCUT2D eigenvalue weighted by Crippen LogP contribution is 2.02. The van der Waals surface area contributed by atoms with Gasteiger partial charge in [-0.2, -0.15) is 0 Å². The van der Waals surface area contributed by atoms with Crippen molar-refractivity contribution in [2.75, 3.05) is 20.6 Å². The topological polar surface area (TPSA) is 36.4 Å². The molecule has 1 aromatic rings. The van der Waals surface area contributed by atoms with Crippen LogP contribution >= 0.6 is 0 Å². The molecular formula is C11H16FN3. The Balaban J connectivity index is 2.35. The molecule has 0 radical (unpaired) electrons. The standard InChI is InChI=1S/C11H16FN3/c1-13-11(14-2)15-8-7-9-3-5-10(12)6-4-9/h3-6H,7-8H2,1-2H3,(H2,13,14,15). The number of nitrogens with one attached hydrogen (secondary N) is 2. The fourth-order valence-corrected chi connectivity index (χ4v) is 1.26. The Bertz CT molecular complexity index is 319. The summed E-state index contributed by atoms with van der Waals surface area (Å²) in [6.45, 7) is 0.777. The van der Waals surface area contributed by atoms with Gasteiger partial charge in [-0.1, -0.05) is 12.1 Å². The molecule has 0 saturated heterocycles. The quantitative estimate of drug-likeness (QED) is 0.579. The number of rotatable bonds is 3. The van der Waals surface area contributed by atoms with Gasteiger partial charge >= 0.3 is 0 Å². The molecule has 0 aliphatic carbocycles. The molecule has 0 fully saturated rings. The predicted octanol–water partition coefficient (Wildman–Crippen LogP) is 1.16. The van der Waals surface area contributed by atoms with Gasteiger partial charge in [0, 0.05) is 20.6 Å². The molecule has 0 aromatic heterocycles. The third kappa shape index (κ3) is 3.97. The average molecular weight is 209 g/mol. The normalized spacial score (nSPS) is 11.3. The molecule has 2 N–H and O–H groups in total. The molecular weight excluding hydrogens is 193 g/mol. The number of nitrogens with zero attached hydrogens (tertiary/aromatic N) is 1. The molecule has 0 atom stereocenters. The molecule has 0 amide bonds. The first-order chi connectivity index (χ1) is 7.26. The molecule has 15 heavy (non-hydrogen) atoms. The molecule has 0 aliphatic heterocycles. The molecule has 82 valence electrons. The Morgan fingerprint density at radius 1 is 1.33 bits per heavy atom. The average Bonchev–Trinajstić information content (AvgIpc) is 2.27. The lowest BCUT2D eigenvalue weighted by molar-refractivity contribution is 0.627. The lowest BCUT2D eigenvalue weighted by Crippen LogP contribution is -2.35. The van der Waals surface area contributed by atoms with E-state index in [0.29, 0.717) is 0 Å². The number of guanidine groups is 1. The fourth-order valence-electron chi connectivity index (χ4n) is 1.26. The minimum atomic E-state index is -0.197. The highest BCUT2D eigenvalue weighted by molar-refractivity contribution is 5.79. The van der Waals surface area contributed by atoms with Crippen LogP contribution in [0.1, 0.15) is 5.56 Å². The summed E-state index contributed by atoms with van der Waals surface area (Å²) in [4.78, 5) is 3.99. The number of halogens is 1. The lowest BCUT2D eigenvalue weighted by Gasteiger charge is -2.07. The van der Waals surface area contributed by atoms with Crippen molar-refractivity contribution >= 4 is 5.96 Å². The Morgan fingerprint density at radius 3 is 2.53 bits per heavy atom. The van der Waals surface area contributed by atoms with Crippen LogP contribution in [-0.2, 0) is 6.42 Å². The zero-order valence-electron chi connectivity index (χ0n) is 9.05. The summed E-state index contributed by atoms with van der Waals surface area (Å²) in [5.74, 6) is 0.565. The van der Waals surface area contributed by atoms with Gasteiger partial charge in [0.05, 0.1) is 0 Å². The van der Waals surface area contributed by atoms with Crippen molar-refractivity contribution in [3.63, 3.8) is 0 Å². The van der Waals surface area contributed by atoms with Gasteiger partial charge in [-0.25, -0.2) is 4.39 Å². The molecule has 1 aromatic carbocycles. The van der Waals surface area contributed by atoms with E-state index in [1.807, 2.05) is 7.05 Å². The maximum absolute atomic E-state index is 12.6. The van der Waals surface area contributed by atoms with E-state index in [-0.39, 0.29) is 5.82 Å². The van der Waals surface area contributed by atoms with Gasteiger partial charge in [0.25, 0.3) is 0 Å². The van der Waals surface area contributed by atoms with E-state index < -0.39 is 0 Å². The molecule has 4 heteroatoms. The smallest absolute Gasteiger partial charge is 0.190 e. The van der Waals surface area contributed by atoms with Gasteiger partial charge in [0.15, 0.2) is 5.96 Å². The number of hydrogen-bond donors (Lipinski definition) is 2. The van der Waals surface area contributed by atoms with Gasteiger partial charge in [-0.05, 0) is 24.1 Å². The van der Waals surface area contributed by atoms with Crippen LogP contribution in [0.15, 0.2) is 29.3 Å². The highest BCUT2D eigenvalue weighted by Gasteiger charge is 1.95. The Hall–Kier alpha value is -1.58. The maximum atomic E-state index is 12.6. The maximum Gasteiger partial charge on any atom is 0.190 e. The second-order valence-electron chi connectivity index (χ2n) is 3.13. The Kier molecular flexibility index (Phi) is 4.60. The molecule has 0 bridgehead atoms. The largest absolute Gasteiger partial charge is 0.359 e. The van der Waals surface area contributed by atoms with E-state index in [4.69, 9.17) is 0 Å². The van der Waals surface area contributed by atoms with Crippen molar-refractivity contribution in [3.05, 3.63) is 35.6 Å². The van der Waals surface area contributed by atoms with Crippen LogP contribution in [0.5, 0.6) is 0 Å². The first-order valence-corrected chi connectivity index (χ1v) is 4.89. The van der Waals surface area contributed by atoms with Crippen LogP contribution in [0.25, 0.3) is 0 Å². The summed E-state index contributed by atoms with van der Waals surface area (Å²) in [5.41, 5.74) is 1.11. The van der Waals surface area contributed by atoms with Crippen molar-refractivity contribution in [3.8, 4) is 0 Å². The van der Waals surface area contributed by atoms with Gasteiger partial charge in [-0.15, -0.1) is 0 Å². The van der Waals surface area contributed by atoms with Gasteiger partial charge in [0.2, 0.25) is 0 Å². The lowest BCUT2D eigenvalue weighted by atomic mass is 10.1. The summed E-state index contributed by atoms with van der Waals surface area (Å²) in [6.07, 6.45) is 0.848. The van der Waals surface area contributed by atoms with Crippen LogP contribution < -0.4 is 10.6 Å². The molecule has 3 nitrogen and oxygen atoms in total. The Morgan fingerprint density at radius 2 is 2.00 bits per heavy atom. The first-order valence-electron chi connectivity index (χ1n) is 4.89. The van der Waals surface area contributed by atoms with Gasteiger partial charge in [-0.3, -0.25) is 4.99 Å². The van der Waals surface area contributed by atoms with E-state index >= 15 is 0 Å². The number of benzene rings is 1. The first kappa shape index (κ1) is 11.5. The van der Waals surface area contributed by atoms with Gasteiger partial charge in [0.1, 0.15) is 5.82 Å². The van der Waals surface area contributed by atoms with Crippen molar-refractivity contribution in [2.45, 2.75) is 6.42 Å². The highest BCUT2D eigenvalue weighted by atomic mass is 19.1. The minimum Gasteiger partial charge on any atom is -0.359 e. The van der Waals surface area contributed by atoms with Crippen molar-refractivity contribution in [1.82, 2.24) is 10.6 Å². The van der Waals surface area contributed by atoms with E-state index in [9.17, 15) is 4.39 Å². The van der Waals surface area contributed by atoms with Crippen LogP contribution in [0, 0.1) is 5.82 Å². The molecule has 0 aliphatic rings. The van der Waals surface area contributed by atoms with E-state index in [0.717, 1.165) is 24.5 Å². The van der Waals surface area contributed by atoms with Crippen LogP contribution in [0.2, 0.25) is 0 Å². The van der Waals surface area contributed by atoms with E-state index in [2.05, 4.69) is 15.6 Å². The van der Waals surface area contributed by atoms with Crippen molar-refractivity contribution < 1.29 is 4.39 Å². The van der Waals surface area contributed by atoms with Gasteiger partial charge < -0.3 is 10.6 Å². The molecule has 0 spiro atoms. The second-order valence-corrected chi connectivity index (χ2v) is 3.13. The minimum absolute atomic E-state index is 0.197. The summed E-state index contributed by atoms with van der Waals surface area (Å²) in [5, 5.41) is 6.05. The zero-order valence-corrected chi connectivity index (χ0v) is 9.05. The van der Waals surface area contributed by atoms with Crippen LogP contribution in [0.4, 0.5) is 4.39 Å². The Labute approximate surface area is 89.4 Å². The molecule has 0 unspecified atom stereocenters. The fraction of sp³-hybridized carbons (Fsp3) is 0.364. The molecule has 0 saturated carbocycles. The van der Waals surface area contributed by atoms with Crippen molar-refractivity contribution in [2.24, 2.45) is 4.99 Å². The summed E-state index contributed by atoms with van der Waals surface area (Å²) in [7, 11) is 3.53. The summed E-state index contributed by atoms with van der Waals surface area (Å²) in [6, 6.07) is 6.53. The van der Waals surface area contributed by atoms with Crippen LogP contribution in [0.3, 0.4) is 0 Å². The third-order valence-corrected chi connectivity index (χ3v) is 2.08. The summed E-state index contributed by atoms with van der Waals surface area (Å²) >= 11 is 0. The third-order valence-electron chi connectivity index (χ3n) is 2.08. The van der Waals surface area contributed by atoms with Crippen LogP contribution in [-0.4, -0.2) is 26.6 Å². The summed E-state index contributed by atoms with van der Waals surface area (Å²) < 4.78 is 12.6. The van der Waals surface area contributed by atoms with Crippen molar-refractivity contribution in [1.29, 1.82) is 0 Å². The second kappa shape index (κ2) is 6.01. The van der Waals surface area contributed by atoms with E-state index in [1.165, 1.54) is 12.1 Å². The number of hydrogen-bond acceptors (Lipinski definition) is 1. The number of aliphatic imine (C=N–C) groups is 1.